The maximum absolute atomic E-state index is 12.7. The molecule has 1 atom stereocenters. The fourth-order valence-electron chi connectivity index (χ4n) is 3.34. The van der Waals surface area contributed by atoms with E-state index >= 15 is 0 Å². The number of H-pyrrole nitrogens is 1. The van der Waals surface area contributed by atoms with Crippen molar-refractivity contribution in [2.45, 2.75) is 31.1 Å². The topological polar surface area (TPSA) is 79.6 Å². The van der Waals surface area contributed by atoms with Crippen molar-refractivity contribution in [2.24, 2.45) is 4.99 Å². The third-order valence-electron chi connectivity index (χ3n) is 4.58. The number of aliphatic imine (C=N–C) groups is 1. The maximum Gasteiger partial charge on any atom is 0.271 e. The second-order valence-corrected chi connectivity index (χ2v) is 7.94. The fraction of sp³-hybridized carbons (Fsp3) is 0.412. The molecule has 0 saturated carbocycles. The summed E-state index contributed by atoms with van der Waals surface area (Å²) in [4.78, 5) is 17.3. The van der Waals surface area contributed by atoms with Gasteiger partial charge < -0.3 is 9.84 Å². The molecule has 25 heavy (non-hydrogen) atoms. The zero-order chi connectivity index (χ0) is 17.6. The van der Waals surface area contributed by atoms with Crippen LogP contribution in [0.25, 0.3) is 0 Å². The zero-order valence-electron chi connectivity index (χ0n) is 13.7. The molecule has 132 valence electrons. The highest BCUT2D eigenvalue weighted by atomic mass is 35.5. The van der Waals surface area contributed by atoms with Crippen molar-refractivity contribution in [2.75, 3.05) is 13.2 Å². The molecule has 2 aromatic rings. The predicted octanol–water partition coefficient (Wildman–Crippen LogP) is 3.77. The minimum absolute atomic E-state index is 0.0329. The van der Waals surface area contributed by atoms with Gasteiger partial charge in [-0.15, -0.1) is 0 Å². The number of nitrogens with one attached hydrogen (secondary N) is 1. The Bertz CT molecular complexity index is 899. The van der Waals surface area contributed by atoms with Crippen LogP contribution in [0.1, 0.15) is 42.2 Å². The third-order valence-corrected chi connectivity index (χ3v) is 6.06. The maximum atomic E-state index is 12.7. The van der Waals surface area contributed by atoms with Gasteiger partial charge in [-0.2, -0.15) is 0 Å². The molecule has 1 saturated heterocycles. The Morgan fingerprint density at radius 1 is 1.40 bits per heavy atom. The first-order chi connectivity index (χ1) is 12.0. The summed E-state index contributed by atoms with van der Waals surface area (Å²) in [5.41, 5.74) is 1.39. The number of hydrogen-bond donors (Lipinski definition) is 2. The van der Waals surface area contributed by atoms with Crippen LogP contribution in [0, 0.1) is 0 Å². The molecule has 0 amide bonds. The summed E-state index contributed by atoms with van der Waals surface area (Å²) in [7, 11) is 0. The number of benzene rings is 1. The van der Waals surface area contributed by atoms with Gasteiger partial charge in [-0.25, -0.2) is 4.99 Å². The van der Waals surface area contributed by atoms with Crippen LogP contribution in [0.3, 0.4) is 0 Å². The van der Waals surface area contributed by atoms with E-state index in [1.165, 1.54) is 11.8 Å². The molecule has 1 fully saturated rings. The molecule has 0 unspecified atom stereocenters. The number of aromatic hydroxyl groups is 1. The van der Waals surface area contributed by atoms with Gasteiger partial charge in [0.1, 0.15) is 5.75 Å². The third kappa shape index (κ3) is 3.01. The van der Waals surface area contributed by atoms with Crippen LogP contribution in [-0.4, -0.2) is 33.1 Å². The molecule has 1 aromatic heterocycles. The number of hydrogen-bond acceptors (Lipinski definition) is 5. The van der Waals surface area contributed by atoms with Gasteiger partial charge in [0.2, 0.25) is 0 Å². The van der Waals surface area contributed by atoms with Gasteiger partial charge in [-0.05, 0) is 37.5 Å². The number of rotatable bonds is 2. The molecule has 0 radical (unpaired) electrons. The number of halogens is 1. The number of fused-ring (bicyclic) bond motifs is 1. The molecule has 6 nitrogen and oxygen atoms in total. The van der Waals surface area contributed by atoms with E-state index in [2.05, 4.69) is 10.1 Å². The Balaban J connectivity index is 1.82. The van der Waals surface area contributed by atoms with E-state index in [4.69, 9.17) is 16.3 Å². The van der Waals surface area contributed by atoms with Crippen LogP contribution < -0.4 is 5.56 Å². The molecular formula is C17H18ClN3O3S. The zero-order valence-corrected chi connectivity index (χ0v) is 15.2. The first-order valence-electron chi connectivity index (χ1n) is 8.17. The van der Waals surface area contributed by atoms with E-state index < -0.39 is 0 Å². The van der Waals surface area contributed by atoms with Gasteiger partial charge in [-0.1, -0.05) is 29.4 Å². The summed E-state index contributed by atoms with van der Waals surface area (Å²) in [6.07, 6.45) is 1.71. The number of ether oxygens (including phenoxy) is 1. The second kappa shape index (κ2) is 6.55. The summed E-state index contributed by atoms with van der Waals surface area (Å²) in [6, 6.07) is 5.26. The largest absolute Gasteiger partial charge is 0.506 e. The summed E-state index contributed by atoms with van der Waals surface area (Å²) in [6.45, 7) is 3.32. The van der Waals surface area contributed by atoms with Gasteiger partial charge in [0.15, 0.2) is 5.82 Å². The highest BCUT2D eigenvalue weighted by Gasteiger charge is 2.32. The average molecular weight is 380 g/mol. The van der Waals surface area contributed by atoms with Crippen LogP contribution in [0.5, 0.6) is 5.75 Å². The Kier molecular flexibility index (Phi) is 4.39. The first-order valence-corrected chi connectivity index (χ1v) is 9.43. The Labute approximate surface area is 153 Å². The van der Waals surface area contributed by atoms with Crippen LogP contribution >= 0.6 is 23.4 Å². The van der Waals surface area contributed by atoms with Crippen molar-refractivity contribution < 1.29 is 9.84 Å². The van der Waals surface area contributed by atoms with E-state index in [1.807, 2.05) is 11.6 Å². The Morgan fingerprint density at radius 3 is 2.88 bits per heavy atom. The van der Waals surface area contributed by atoms with E-state index in [-0.39, 0.29) is 27.6 Å². The molecule has 2 aliphatic rings. The van der Waals surface area contributed by atoms with E-state index in [0.717, 1.165) is 23.4 Å². The smallest absolute Gasteiger partial charge is 0.271 e. The molecule has 4 rings (SSSR count). The predicted molar refractivity (Wildman–Crippen MR) is 99.5 cm³/mol. The highest BCUT2D eigenvalue weighted by Crippen LogP contribution is 2.45. The molecule has 0 spiro atoms. The lowest BCUT2D eigenvalue weighted by Crippen LogP contribution is -2.21. The summed E-state index contributed by atoms with van der Waals surface area (Å²) < 4.78 is 7.33. The lowest BCUT2D eigenvalue weighted by molar-refractivity contribution is 0.0666. The second-order valence-electron chi connectivity index (χ2n) is 6.23. The van der Waals surface area contributed by atoms with Crippen molar-refractivity contribution in [1.29, 1.82) is 0 Å². The van der Waals surface area contributed by atoms with Crippen LogP contribution in [0.4, 0.5) is 5.82 Å². The summed E-state index contributed by atoms with van der Waals surface area (Å²) in [5.74, 6) is 0.730. The van der Waals surface area contributed by atoms with E-state index in [1.54, 1.807) is 18.2 Å². The summed E-state index contributed by atoms with van der Waals surface area (Å²) >= 11 is 7.59. The van der Waals surface area contributed by atoms with Crippen molar-refractivity contribution in [1.82, 2.24) is 9.78 Å². The first kappa shape index (κ1) is 16.8. The molecule has 2 N–H and O–H groups in total. The Morgan fingerprint density at radius 2 is 2.16 bits per heavy atom. The lowest BCUT2D eigenvalue weighted by Gasteiger charge is -2.26. The standard InChI is InChI=1S/C17H18ClN3O3S/c1-9-19-16-14(15(25-9)10-2-3-13(22)12(18)8-10)17(23)20-21(16)11-4-6-24-7-5-11/h2-3,8,11,15,22H,4-7H2,1H3,(H,20,23)/t15-/m0/s1. The Hall–Kier alpha value is -1.70. The lowest BCUT2D eigenvalue weighted by atomic mass is 10.1. The SMILES string of the molecule is CC1=Nc2c(c(=O)[nH]n2C2CCOCC2)[C@H](c2ccc(O)c(Cl)c2)S1. The van der Waals surface area contributed by atoms with Gasteiger partial charge in [0.05, 0.1) is 26.9 Å². The molecule has 0 bridgehead atoms. The van der Waals surface area contributed by atoms with Crippen molar-refractivity contribution in [3.05, 3.63) is 44.7 Å². The normalized spacial score (nSPS) is 21.0. The number of phenolic OH excluding ortho intramolecular Hbond substituents is 1. The van der Waals surface area contributed by atoms with Crippen molar-refractivity contribution in [3.63, 3.8) is 0 Å². The van der Waals surface area contributed by atoms with Gasteiger partial charge in [0, 0.05) is 13.2 Å². The minimum atomic E-state index is -0.199. The molecule has 2 aliphatic heterocycles. The number of nitrogens with zero attached hydrogens (tertiary/aromatic N) is 2. The number of thioether (sulfide) groups is 1. The molecule has 8 heteroatoms. The quantitative estimate of drug-likeness (QED) is 0.832. The van der Waals surface area contributed by atoms with Crippen molar-refractivity contribution in [3.8, 4) is 5.75 Å². The molecular weight excluding hydrogens is 362 g/mol. The molecule has 1 aromatic carbocycles. The van der Waals surface area contributed by atoms with Gasteiger partial charge in [0.25, 0.3) is 5.56 Å². The molecule has 3 heterocycles. The van der Waals surface area contributed by atoms with E-state index in [0.29, 0.717) is 24.6 Å². The van der Waals surface area contributed by atoms with Crippen LogP contribution in [0.15, 0.2) is 28.0 Å². The van der Waals surface area contributed by atoms with Crippen LogP contribution in [0.2, 0.25) is 5.02 Å². The number of aromatic nitrogens is 2. The van der Waals surface area contributed by atoms with Crippen LogP contribution in [-0.2, 0) is 4.74 Å². The average Bonchev–Trinajstić information content (AvgIpc) is 2.94. The van der Waals surface area contributed by atoms with Gasteiger partial charge >= 0.3 is 0 Å². The molecule has 0 aliphatic carbocycles. The van der Waals surface area contributed by atoms with Gasteiger partial charge in [-0.3, -0.25) is 14.6 Å². The number of aromatic amines is 1. The monoisotopic (exact) mass is 379 g/mol. The number of phenols is 1. The summed E-state index contributed by atoms with van der Waals surface area (Å²) in [5, 5.41) is 13.6. The fourth-order valence-corrected chi connectivity index (χ4v) is 4.62. The highest BCUT2D eigenvalue weighted by molar-refractivity contribution is 8.14. The van der Waals surface area contributed by atoms with Crippen molar-refractivity contribution >= 4 is 34.2 Å². The minimum Gasteiger partial charge on any atom is -0.506 e. The van der Waals surface area contributed by atoms with E-state index in [9.17, 15) is 9.90 Å².